The molecule has 1 unspecified atom stereocenters. The van der Waals surface area contributed by atoms with Crippen LogP contribution in [-0.4, -0.2) is 11.9 Å². The third-order valence-corrected chi connectivity index (χ3v) is 6.59. The summed E-state index contributed by atoms with van der Waals surface area (Å²) in [5.41, 5.74) is 0. The largest absolute Gasteiger partial charge is 0.393 e. The van der Waals surface area contributed by atoms with Gasteiger partial charge in [0.15, 0.2) is 0 Å². The summed E-state index contributed by atoms with van der Waals surface area (Å²) in [4.78, 5) is 24.9. The van der Waals surface area contributed by atoms with Crippen LogP contribution in [0, 0.1) is 5.92 Å². The molecule has 0 aromatic heterocycles. The van der Waals surface area contributed by atoms with Crippen LogP contribution in [0.25, 0.3) is 0 Å². The fourth-order valence-electron chi connectivity index (χ4n) is 4.37. The maximum absolute atomic E-state index is 12.7. The molecule has 0 radical (unpaired) electrons. The van der Waals surface area contributed by atoms with Gasteiger partial charge in [-0.25, -0.2) is 0 Å². The fourth-order valence-corrected chi connectivity index (χ4v) is 4.37. The first-order chi connectivity index (χ1) is 15.7. The summed E-state index contributed by atoms with van der Waals surface area (Å²) in [6.07, 6.45) is 26.5. The molecule has 3 nitrogen and oxygen atoms in total. The Morgan fingerprint density at radius 1 is 0.500 bits per heavy atom. The molecule has 0 aliphatic carbocycles. The van der Waals surface area contributed by atoms with Crippen molar-refractivity contribution in [1.29, 1.82) is 0 Å². The number of carbonyl (C=O) groups excluding carboxylic acids is 2. The summed E-state index contributed by atoms with van der Waals surface area (Å²) in [5.74, 6) is -0.651. The van der Waals surface area contributed by atoms with Crippen molar-refractivity contribution in [3.63, 3.8) is 0 Å². The average molecular weight is 453 g/mol. The second kappa shape index (κ2) is 24.8. The summed E-state index contributed by atoms with van der Waals surface area (Å²) in [5, 5.41) is 0. The zero-order valence-corrected chi connectivity index (χ0v) is 22.1. The van der Waals surface area contributed by atoms with Gasteiger partial charge in [-0.15, -0.1) is 0 Å². The molecule has 0 fully saturated rings. The van der Waals surface area contributed by atoms with Crippen molar-refractivity contribution in [3.8, 4) is 0 Å². The number of rotatable bonds is 24. The van der Waals surface area contributed by atoms with E-state index in [-0.39, 0.29) is 17.9 Å². The van der Waals surface area contributed by atoms with Gasteiger partial charge in [0.05, 0.1) is 5.92 Å². The maximum Gasteiger partial charge on any atom is 0.316 e. The van der Waals surface area contributed by atoms with Crippen molar-refractivity contribution in [1.82, 2.24) is 0 Å². The number of carbonyl (C=O) groups is 2. The molecule has 1 atom stereocenters. The molecule has 0 aromatic carbocycles. The fraction of sp³-hybridized carbons (Fsp3) is 0.931. The molecular formula is C29H56O3. The Bertz CT molecular complexity index is 419. The SMILES string of the molecule is CCCCCCCCCCC(=O)OC(=O)C(CCCCCCC)CCCCCCCCC. The van der Waals surface area contributed by atoms with Crippen LogP contribution in [0.3, 0.4) is 0 Å². The summed E-state index contributed by atoms with van der Waals surface area (Å²) < 4.78 is 5.28. The van der Waals surface area contributed by atoms with E-state index in [4.69, 9.17) is 4.74 Å². The van der Waals surface area contributed by atoms with E-state index in [1.165, 1.54) is 103 Å². The van der Waals surface area contributed by atoms with Crippen LogP contribution >= 0.6 is 0 Å². The number of hydrogen-bond acceptors (Lipinski definition) is 3. The lowest BCUT2D eigenvalue weighted by atomic mass is 9.94. The van der Waals surface area contributed by atoms with Gasteiger partial charge in [0, 0.05) is 6.42 Å². The van der Waals surface area contributed by atoms with Gasteiger partial charge in [-0.2, -0.15) is 0 Å². The molecule has 0 rings (SSSR count). The minimum absolute atomic E-state index is 0.0882. The van der Waals surface area contributed by atoms with Gasteiger partial charge in [-0.3, -0.25) is 9.59 Å². The van der Waals surface area contributed by atoms with E-state index in [1.807, 2.05) is 0 Å². The first-order valence-electron chi connectivity index (χ1n) is 14.4. The van der Waals surface area contributed by atoms with E-state index >= 15 is 0 Å². The highest BCUT2D eigenvalue weighted by Gasteiger charge is 2.22. The van der Waals surface area contributed by atoms with E-state index in [0.717, 1.165) is 38.5 Å². The lowest BCUT2D eigenvalue weighted by Crippen LogP contribution is -2.21. The maximum atomic E-state index is 12.7. The Hall–Kier alpha value is -0.860. The Labute approximate surface area is 200 Å². The van der Waals surface area contributed by atoms with Crippen LogP contribution in [0.1, 0.15) is 168 Å². The molecule has 0 aromatic rings. The van der Waals surface area contributed by atoms with Crippen molar-refractivity contribution < 1.29 is 14.3 Å². The average Bonchev–Trinajstić information content (AvgIpc) is 2.78. The van der Waals surface area contributed by atoms with Crippen LogP contribution in [-0.2, 0) is 14.3 Å². The number of ether oxygens (including phenoxy) is 1. The molecule has 0 saturated carbocycles. The molecule has 0 saturated heterocycles. The summed E-state index contributed by atoms with van der Waals surface area (Å²) >= 11 is 0. The lowest BCUT2D eigenvalue weighted by molar-refractivity contribution is -0.163. The Kier molecular flexibility index (Phi) is 24.1. The third kappa shape index (κ3) is 21.0. The molecule has 3 heteroatoms. The molecular weight excluding hydrogens is 396 g/mol. The number of hydrogen-bond donors (Lipinski definition) is 0. The topological polar surface area (TPSA) is 43.4 Å². The highest BCUT2D eigenvalue weighted by molar-refractivity contribution is 5.86. The van der Waals surface area contributed by atoms with Gasteiger partial charge < -0.3 is 4.74 Å². The minimum Gasteiger partial charge on any atom is -0.393 e. The van der Waals surface area contributed by atoms with Crippen LogP contribution in [0.2, 0.25) is 0 Å². The minimum atomic E-state index is -0.309. The predicted octanol–water partition coefficient (Wildman–Crippen LogP) is 9.70. The molecule has 190 valence electrons. The summed E-state index contributed by atoms with van der Waals surface area (Å²) in [7, 11) is 0. The molecule has 0 bridgehead atoms. The molecule has 0 amide bonds. The normalized spacial score (nSPS) is 12.1. The van der Waals surface area contributed by atoms with E-state index in [9.17, 15) is 9.59 Å². The van der Waals surface area contributed by atoms with Crippen molar-refractivity contribution in [3.05, 3.63) is 0 Å². The summed E-state index contributed by atoms with van der Waals surface area (Å²) in [6.45, 7) is 6.70. The molecule has 32 heavy (non-hydrogen) atoms. The Balaban J connectivity index is 4.13. The van der Waals surface area contributed by atoms with Crippen LogP contribution < -0.4 is 0 Å². The first-order valence-corrected chi connectivity index (χ1v) is 14.4. The zero-order chi connectivity index (χ0) is 23.7. The van der Waals surface area contributed by atoms with Crippen LogP contribution in [0.15, 0.2) is 0 Å². The smallest absolute Gasteiger partial charge is 0.316 e. The molecule has 0 aliphatic heterocycles. The molecule has 0 N–H and O–H groups in total. The van der Waals surface area contributed by atoms with Crippen LogP contribution in [0.5, 0.6) is 0 Å². The quantitative estimate of drug-likeness (QED) is 0.0831. The van der Waals surface area contributed by atoms with E-state index in [2.05, 4.69) is 20.8 Å². The van der Waals surface area contributed by atoms with Gasteiger partial charge in [0.2, 0.25) is 0 Å². The van der Waals surface area contributed by atoms with E-state index in [1.54, 1.807) is 0 Å². The second-order valence-electron chi connectivity index (χ2n) is 9.83. The van der Waals surface area contributed by atoms with Crippen LogP contribution in [0.4, 0.5) is 0 Å². The number of esters is 2. The van der Waals surface area contributed by atoms with E-state index < -0.39 is 0 Å². The Morgan fingerprint density at radius 2 is 0.844 bits per heavy atom. The molecule has 0 aliphatic rings. The van der Waals surface area contributed by atoms with Crippen molar-refractivity contribution >= 4 is 11.9 Å². The van der Waals surface area contributed by atoms with Crippen molar-refractivity contribution in [2.45, 2.75) is 168 Å². The van der Waals surface area contributed by atoms with E-state index in [0.29, 0.717) is 6.42 Å². The third-order valence-electron chi connectivity index (χ3n) is 6.59. The van der Waals surface area contributed by atoms with Crippen molar-refractivity contribution in [2.75, 3.05) is 0 Å². The second-order valence-corrected chi connectivity index (χ2v) is 9.83. The van der Waals surface area contributed by atoms with Gasteiger partial charge in [0.1, 0.15) is 0 Å². The first kappa shape index (κ1) is 31.1. The standard InChI is InChI=1S/C29H56O3/c1-4-7-10-13-15-17-20-23-26-28(30)32-29(31)27(24-21-18-12-9-6-3)25-22-19-16-14-11-8-5-2/h27H,4-26H2,1-3H3. The predicted molar refractivity (Wildman–Crippen MR) is 138 cm³/mol. The van der Waals surface area contributed by atoms with Gasteiger partial charge in [0.25, 0.3) is 0 Å². The monoisotopic (exact) mass is 452 g/mol. The van der Waals surface area contributed by atoms with Gasteiger partial charge in [-0.05, 0) is 19.3 Å². The highest BCUT2D eigenvalue weighted by Crippen LogP contribution is 2.21. The highest BCUT2D eigenvalue weighted by atomic mass is 16.6. The number of unbranched alkanes of at least 4 members (excludes halogenated alkanes) is 17. The Morgan fingerprint density at radius 3 is 1.25 bits per heavy atom. The zero-order valence-electron chi connectivity index (χ0n) is 22.1. The lowest BCUT2D eigenvalue weighted by Gasteiger charge is -2.15. The van der Waals surface area contributed by atoms with Gasteiger partial charge in [-0.1, -0.05) is 143 Å². The summed E-state index contributed by atoms with van der Waals surface area (Å²) in [6, 6.07) is 0. The van der Waals surface area contributed by atoms with Gasteiger partial charge >= 0.3 is 11.9 Å². The molecule has 0 spiro atoms. The van der Waals surface area contributed by atoms with Crippen molar-refractivity contribution in [2.24, 2.45) is 5.92 Å². The molecule has 0 heterocycles.